The number of rotatable bonds is 2. The van der Waals surface area contributed by atoms with Gasteiger partial charge in [-0.2, -0.15) is 0 Å². The van der Waals surface area contributed by atoms with E-state index >= 15 is 0 Å². The number of benzene rings is 1. The number of nitrogens with two attached hydrogens (primary N) is 1. The number of anilines is 1. The highest BCUT2D eigenvalue weighted by molar-refractivity contribution is 6.30. The fourth-order valence-electron chi connectivity index (χ4n) is 2.34. The molecule has 1 heterocycles. The van der Waals surface area contributed by atoms with Crippen molar-refractivity contribution in [3.8, 4) is 0 Å². The van der Waals surface area contributed by atoms with E-state index in [-0.39, 0.29) is 18.6 Å². The third-order valence-corrected chi connectivity index (χ3v) is 3.54. The predicted octanol–water partition coefficient (Wildman–Crippen LogP) is 1.58. The van der Waals surface area contributed by atoms with Crippen LogP contribution >= 0.6 is 11.6 Å². The summed E-state index contributed by atoms with van der Waals surface area (Å²) in [6.07, 6.45) is 0.979. The molecule has 0 spiro atoms. The quantitative estimate of drug-likeness (QED) is 0.825. The standard InChI is InChI=1S/C12H17ClN2O/c1-15-5-4-9(11(14)7-16)10-3-2-8(13)6-12(10)15/h2-3,6,9,11,16H,4-5,7,14H2,1H3. The van der Waals surface area contributed by atoms with Gasteiger partial charge in [0.2, 0.25) is 0 Å². The van der Waals surface area contributed by atoms with Gasteiger partial charge in [-0.05, 0) is 24.1 Å². The molecule has 0 saturated heterocycles. The topological polar surface area (TPSA) is 49.5 Å². The van der Waals surface area contributed by atoms with Crippen molar-refractivity contribution in [1.29, 1.82) is 0 Å². The lowest BCUT2D eigenvalue weighted by Crippen LogP contribution is -2.38. The average Bonchev–Trinajstić information content (AvgIpc) is 2.29. The van der Waals surface area contributed by atoms with E-state index < -0.39 is 0 Å². The third-order valence-electron chi connectivity index (χ3n) is 3.31. The fraction of sp³-hybridized carbons (Fsp3) is 0.500. The summed E-state index contributed by atoms with van der Waals surface area (Å²) >= 11 is 6.00. The summed E-state index contributed by atoms with van der Waals surface area (Å²) < 4.78 is 0. The van der Waals surface area contributed by atoms with Gasteiger partial charge in [-0.25, -0.2) is 0 Å². The number of halogens is 1. The fourth-order valence-corrected chi connectivity index (χ4v) is 2.51. The van der Waals surface area contributed by atoms with Crippen LogP contribution in [-0.4, -0.2) is 31.3 Å². The molecular formula is C12H17ClN2O. The van der Waals surface area contributed by atoms with Crippen LogP contribution in [-0.2, 0) is 0 Å². The van der Waals surface area contributed by atoms with E-state index in [1.807, 2.05) is 18.2 Å². The molecule has 1 aliphatic rings. The zero-order valence-electron chi connectivity index (χ0n) is 9.36. The highest BCUT2D eigenvalue weighted by atomic mass is 35.5. The molecule has 0 saturated carbocycles. The first kappa shape index (κ1) is 11.7. The second-order valence-corrected chi connectivity index (χ2v) is 4.80. The van der Waals surface area contributed by atoms with E-state index in [0.717, 1.165) is 23.7 Å². The van der Waals surface area contributed by atoms with Crippen molar-refractivity contribution in [3.63, 3.8) is 0 Å². The van der Waals surface area contributed by atoms with Crippen molar-refractivity contribution in [2.45, 2.75) is 18.4 Å². The van der Waals surface area contributed by atoms with Crippen molar-refractivity contribution in [3.05, 3.63) is 28.8 Å². The van der Waals surface area contributed by atoms with Gasteiger partial charge in [0.15, 0.2) is 0 Å². The van der Waals surface area contributed by atoms with Gasteiger partial charge in [0.25, 0.3) is 0 Å². The van der Waals surface area contributed by atoms with Crippen LogP contribution in [0.4, 0.5) is 5.69 Å². The molecule has 2 rings (SSSR count). The van der Waals surface area contributed by atoms with Gasteiger partial charge in [-0.3, -0.25) is 0 Å². The Morgan fingerprint density at radius 2 is 2.38 bits per heavy atom. The van der Waals surface area contributed by atoms with Crippen LogP contribution in [0, 0.1) is 0 Å². The molecule has 2 atom stereocenters. The lowest BCUT2D eigenvalue weighted by Gasteiger charge is -2.35. The Morgan fingerprint density at radius 3 is 3.06 bits per heavy atom. The van der Waals surface area contributed by atoms with Crippen molar-refractivity contribution in [2.75, 3.05) is 25.1 Å². The Kier molecular flexibility index (Phi) is 3.38. The molecule has 0 bridgehead atoms. The Morgan fingerprint density at radius 1 is 1.62 bits per heavy atom. The first-order valence-electron chi connectivity index (χ1n) is 5.50. The normalized spacial score (nSPS) is 21.8. The van der Waals surface area contributed by atoms with Gasteiger partial charge in [0.05, 0.1) is 6.61 Å². The van der Waals surface area contributed by atoms with E-state index in [2.05, 4.69) is 11.9 Å². The smallest absolute Gasteiger partial charge is 0.0588 e. The molecule has 4 heteroatoms. The number of hydrogen-bond donors (Lipinski definition) is 2. The predicted molar refractivity (Wildman–Crippen MR) is 67.1 cm³/mol. The molecule has 0 aromatic heterocycles. The summed E-state index contributed by atoms with van der Waals surface area (Å²) in [6.45, 7) is 0.974. The Labute approximate surface area is 101 Å². The number of fused-ring (bicyclic) bond motifs is 1. The highest BCUT2D eigenvalue weighted by Crippen LogP contribution is 2.37. The third kappa shape index (κ3) is 2.03. The summed E-state index contributed by atoms with van der Waals surface area (Å²) in [4.78, 5) is 2.18. The summed E-state index contributed by atoms with van der Waals surface area (Å²) in [7, 11) is 2.05. The summed E-state index contributed by atoms with van der Waals surface area (Å²) in [5.74, 6) is 0.230. The van der Waals surface area contributed by atoms with Crippen LogP contribution in [0.15, 0.2) is 18.2 Å². The van der Waals surface area contributed by atoms with E-state index in [0.29, 0.717) is 0 Å². The van der Waals surface area contributed by atoms with Crippen molar-refractivity contribution >= 4 is 17.3 Å². The van der Waals surface area contributed by atoms with Gasteiger partial charge in [-0.1, -0.05) is 17.7 Å². The number of nitrogens with zero attached hydrogens (tertiary/aromatic N) is 1. The summed E-state index contributed by atoms with van der Waals surface area (Å²) in [5, 5.41) is 9.91. The SMILES string of the molecule is CN1CCC(C(N)CO)c2ccc(Cl)cc21. The Balaban J connectivity index is 2.40. The van der Waals surface area contributed by atoms with E-state index in [4.69, 9.17) is 22.4 Å². The van der Waals surface area contributed by atoms with Gasteiger partial charge in [0.1, 0.15) is 0 Å². The molecule has 0 fully saturated rings. The number of aliphatic hydroxyl groups excluding tert-OH is 1. The largest absolute Gasteiger partial charge is 0.395 e. The molecule has 2 unspecified atom stereocenters. The van der Waals surface area contributed by atoms with E-state index in [9.17, 15) is 0 Å². The van der Waals surface area contributed by atoms with E-state index in [1.165, 1.54) is 5.56 Å². The molecule has 88 valence electrons. The molecule has 1 aromatic carbocycles. The van der Waals surface area contributed by atoms with Crippen LogP contribution in [0.2, 0.25) is 5.02 Å². The minimum absolute atomic E-state index is 0.0243. The number of aliphatic hydroxyl groups is 1. The van der Waals surface area contributed by atoms with E-state index in [1.54, 1.807) is 0 Å². The minimum Gasteiger partial charge on any atom is -0.395 e. The molecule has 16 heavy (non-hydrogen) atoms. The lowest BCUT2D eigenvalue weighted by atomic mass is 9.85. The zero-order chi connectivity index (χ0) is 11.7. The van der Waals surface area contributed by atoms with Gasteiger partial charge < -0.3 is 15.7 Å². The Bertz CT molecular complexity index is 383. The number of hydrogen-bond acceptors (Lipinski definition) is 3. The molecule has 0 aliphatic carbocycles. The van der Waals surface area contributed by atoms with Crippen molar-refractivity contribution in [1.82, 2.24) is 0 Å². The molecule has 3 N–H and O–H groups in total. The van der Waals surface area contributed by atoms with Crippen LogP contribution in [0.3, 0.4) is 0 Å². The summed E-state index contributed by atoms with van der Waals surface area (Å²) in [5.41, 5.74) is 8.27. The average molecular weight is 241 g/mol. The zero-order valence-corrected chi connectivity index (χ0v) is 10.1. The molecule has 0 radical (unpaired) electrons. The molecule has 1 aromatic rings. The second kappa shape index (κ2) is 4.62. The lowest BCUT2D eigenvalue weighted by molar-refractivity contribution is 0.244. The van der Waals surface area contributed by atoms with Crippen LogP contribution in [0.5, 0.6) is 0 Å². The minimum atomic E-state index is -0.186. The van der Waals surface area contributed by atoms with Crippen molar-refractivity contribution in [2.24, 2.45) is 5.73 Å². The molecular weight excluding hydrogens is 224 g/mol. The Hall–Kier alpha value is -0.770. The second-order valence-electron chi connectivity index (χ2n) is 4.37. The maximum atomic E-state index is 9.17. The van der Waals surface area contributed by atoms with Crippen LogP contribution in [0.1, 0.15) is 17.9 Å². The maximum absolute atomic E-state index is 9.17. The van der Waals surface area contributed by atoms with Crippen LogP contribution in [0.25, 0.3) is 0 Å². The first-order valence-corrected chi connectivity index (χ1v) is 5.88. The van der Waals surface area contributed by atoms with Gasteiger partial charge >= 0.3 is 0 Å². The van der Waals surface area contributed by atoms with Crippen molar-refractivity contribution < 1.29 is 5.11 Å². The van der Waals surface area contributed by atoms with Gasteiger partial charge in [0, 0.05) is 36.3 Å². The highest BCUT2D eigenvalue weighted by Gasteiger charge is 2.27. The molecule has 1 aliphatic heterocycles. The van der Waals surface area contributed by atoms with Crippen LogP contribution < -0.4 is 10.6 Å². The first-order chi connectivity index (χ1) is 7.63. The molecule has 3 nitrogen and oxygen atoms in total. The van der Waals surface area contributed by atoms with Gasteiger partial charge in [-0.15, -0.1) is 0 Å². The monoisotopic (exact) mass is 240 g/mol. The molecule has 0 amide bonds. The summed E-state index contributed by atoms with van der Waals surface area (Å²) in [6, 6.07) is 5.69. The maximum Gasteiger partial charge on any atom is 0.0588 e.